The Bertz CT molecular complexity index is 504. The largest absolute Gasteiger partial charge is 0.504 e. The number of hydrogen-bond acceptors (Lipinski definition) is 8. The maximum atomic E-state index is 10.4. The molecule has 10 nitrogen and oxygen atoms in total. The zero-order chi connectivity index (χ0) is 16.4. The van der Waals surface area contributed by atoms with E-state index in [1.165, 1.54) is 6.07 Å². The maximum Gasteiger partial charge on any atom is 0.234 e. The van der Waals surface area contributed by atoms with Crippen LogP contribution in [-0.4, -0.2) is 33.4 Å². The highest BCUT2D eigenvalue weighted by Crippen LogP contribution is 2.35. The van der Waals surface area contributed by atoms with Crippen molar-refractivity contribution in [3.63, 3.8) is 0 Å². The second-order valence-corrected chi connectivity index (χ2v) is 3.62. The fourth-order valence-corrected chi connectivity index (χ4v) is 1.05. The Kier molecular flexibility index (Phi) is 7.88. The molecular weight excluding hydrogens is 284 g/mol. The van der Waals surface area contributed by atoms with E-state index in [2.05, 4.69) is 0 Å². The molecule has 1 aromatic rings. The highest BCUT2D eigenvalue weighted by Gasteiger charge is 2.09. The maximum absolute atomic E-state index is 10.4. The number of hydrazine groups is 2. The summed E-state index contributed by atoms with van der Waals surface area (Å²) < 4.78 is 0. The predicted molar refractivity (Wildman–Crippen MR) is 70.7 cm³/mol. The van der Waals surface area contributed by atoms with Gasteiger partial charge in [0.2, 0.25) is 17.6 Å². The number of carbonyl (C=O) groups excluding carboxylic acids is 3. The molecule has 0 saturated heterocycles. The zero-order valence-electron chi connectivity index (χ0n) is 10.9. The molecule has 21 heavy (non-hydrogen) atoms. The van der Waals surface area contributed by atoms with Crippen LogP contribution in [0.25, 0.3) is 0 Å². The molecule has 1 aromatic carbocycles. The zero-order valence-corrected chi connectivity index (χ0v) is 10.9. The quantitative estimate of drug-likeness (QED) is 0.113. The lowest BCUT2D eigenvalue weighted by Gasteiger charge is -2.00. The Morgan fingerprint density at radius 2 is 1.48 bits per heavy atom. The number of rotatable bonds is 4. The van der Waals surface area contributed by atoms with E-state index >= 15 is 0 Å². The van der Waals surface area contributed by atoms with Crippen molar-refractivity contribution >= 4 is 18.1 Å². The first-order chi connectivity index (χ1) is 9.87. The minimum Gasteiger partial charge on any atom is -0.504 e. The van der Waals surface area contributed by atoms with Crippen molar-refractivity contribution in [2.24, 2.45) is 11.7 Å². The number of phenolic OH excluding ortho intramolecular Hbond substituents is 3. The van der Waals surface area contributed by atoms with Crippen molar-refractivity contribution in [3.8, 4) is 17.2 Å². The highest BCUT2D eigenvalue weighted by atomic mass is 16.3. The van der Waals surface area contributed by atoms with Crippen molar-refractivity contribution in [3.05, 3.63) is 17.7 Å². The van der Waals surface area contributed by atoms with Crippen molar-refractivity contribution in [1.29, 1.82) is 0 Å². The molecule has 0 unspecified atom stereocenters. The van der Waals surface area contributed by atoms with Crippen LogP contribution in [-0.2, 0) is 9.59 Å². The second-order valence-electron chi connectivity index (χ2n) is 3.62. The van der Waals surface area contributed by atoms with Gasteiger partial charge >= 0.3 is 0 Å². The van der Waals surface area contributed by atoms with Crippen molar-refractivity contribution in [1.82, 2.24) is 10.9 Å². The van der Waals surface area contributed by atoms with Crippen LogP contribution in [0, 0.1) is 0 Å². The second kappa shape index (κ2) is 9.12. The molecule has 0 bridgehead atoms. The normalized spacial score (nSPS) is 9.05. The lowest BCUT2D eigenvalue weighted by Crippen LogP contribution is -2.34. The monoisotopic (exact) mass is 300 g/mol. The molecule has 0 aliphatic carbocycles. The third-order valence-corrected chi connectivity index (χ3v) is 2.19. The molecule has 9 N–H and O–H groups in total. The summed E-state index contributed by atoms with van der Waals surface area (Å²) in [5, 5.41) is 26.6. The summed E-state index contributed by atoms with van der Waals surface area (Å²) >= 11 is 0. The van der Waals surface area contributed by atoms with E-state index in [1.807, 2.05) is 10.9 Å². The van der Waals surface area contributed by atoms with E-state index in [1.54, 1.807) is 0 Å². The smallest absolute Gasteiger partial charge is 0.234 e. The minimum absolute atomic E-state index is 0.0551. The van der Waals surface area contributed by atoms with Crippen LogP contribution in [0.4, 0.5) is 0 Å². The molecule has 2 amide bonds. The van der Waals surface area contributed by atoms with Crippen LogP contribution in [0.2, 0.25) is 0 Å². The van der Waals surface area contributed by atoms with Crippen molar-refractivity contribution in [2.75, 3.05) is 0 Å². The van der Waals surface area contributed by atoms with Gasteiger partial charge in [0, 0.05) is 12.8 Å². The minimum atomic E-state index is -0.672. The molecule has 0 aliphatic rings. The fourth-order valence-electron chi connectivity index (χ4n) is 1.05. The number of aromatic hydroxyl groups is 3. The molecule has 0 spiro atoms. The van der Waals surface area contributed by atoms with E-state index in [4.69, 9.17) is 27.0 Å². The van der Waals surface area contributed by atoms with Crippen LogP contribution in [0.1, 0.15) is 23.2 Å². The van der Waals surface area contributed by atoms with Crippen molar-refractivity contribution in [2.45, 2.75) is 12.8 Å². The molecule has 1 rings (SSSR count). The van der Waals surface area contributed by atoms with Gasteiger partial charge in [-0.1, -0.05) is 0 Å². The summed E-state index contributed by atoms with van der Waals surface area (Å²) in [6.07, 6.45) is 0.494. The molecule has 0 heterocycles. The molecule has 0 aromatic heterocycles. The lowest BCUT2D eigenvalue weighted by molar-refractivity contribution is -0.126. The number of benzene rings is 1. The Morgan fingerprint density at radius 3 is 1.86 bits per heavy atom. The van der Waals surface area contributed by atoms with Crippen LogP contribution in [0.3, 0.4) is 0 Å². The van der Waals surface area contributed by atoms with Gasteiger partial charge in [-0.05, 0) is 12.1 Å². The Hall–Kier alpha value is -2.85. The van der Waals surface area contributed by atoms with E-state index in [9.17, 15) is 14.4 Å². The first-order valence-corrected chi connectivity index (χ1v) is 5.55. The molecular formula is C11H16N4O6. The molecule has 0 aliphatic heterocycles. The van der Waals surface area contributed by atoms with Gasteiger partial charge in [0.05, 0.1) is 5.56 Å². The fraction of sp³-hybridized carbons (Fsp3) is 0.182. The number of nitrogens with one attached hydrogen (secondary N) is 2. The number of amides is 2. The summed E-state index contributed by atoms with van der Waals surface area (Å²) in [4.78, 5) is 30.9. The molecule has 10 heteroatoms. The molecule has 0 fully saturated rings. The highest BCUT2D eigenvalue weighted by molar-refractivity contribution is 5.83. The number of aldehydes is 1. The summed E-state index contributed by atoms with van der Waals surface area (Å²) in [7, 11) is 0. The van der Waals surface area contributed by atoms with E-state index in [0.717, 1.165) is 6.07 Å². The number of nitrogens with two attached hydrogens (primary N) is 2. The Labute approximate surface area is 119 Å². The first-order valence-electron chi connectivity index (χ1n) is 5.55. The van der Waals surface area contributed by atoms with Crippen LogP contribution in [0.5, 0.6) is 17.2 Å². The SMILES string of the molecule is NNC(=O)CCC(=O)NN.O=Cc1ccc(O)c(O)c1O. The number of carbonyl (C=O) groups is 3. The lowest BCUT2D eigenvalue weighted by atomic mass is 10.2. The van der Waals surface area contributed by atoms with Gasteiger partial charge in [0.1, 0.15) is 0 Å². The summed E-state index contributed by atoms with van der Waals surface area (Å²) in [5.74, 6) is 6.98. The van der Waals surface area contributed by atoms with Gasteiger partial charge in [-0.3, -0.25) is 25.2 Å². The topological polar surface area (TPSA) is 188 Å². The molecule has 0 atom stereocenters. The standard InChI is InChI=1S/C7H6O4.C4H10N4O2/c8-3-4-1-2-5(9)7(11)6(4)10;5-7-3(9)1-2-4(10)8-6/h1-3,9-11H;1-2,5-6H2,(H,7,9)(H,8,10). The van der Waals surface area contributed by atoms with E-state index in [-0.39, 0.29) is 30.2 Å². The van der Waals surface area contributed by atoms with Crippen molar-refractivity contribution < 1.29 is 29.7 Å². The van der Waals surface area contributed by atoms with Gasteiger partial charge in [-0.25, -0.2) is 11.7 Å². The summed E-state index contributed by atoms with van der Waals surface area (Å²) in [6.45, 7) is 0. The Balaban J connectivity index is 0.000000384. The van der Waals surface area contributed by atoms with Crippen LogP contribution >= 0.6 is 0 Å². The molecule has 0 radical (unpaired) electrons. The third kappa shape index (κ3) is 6.22. The van der Waals surface area contributed by atoms with Gasteiger partial charge in [0.25, 0.3) is 0 Å². The Morgan fingerprint density at radius 1 is 1.00 bits per heavy atom. The van der Waals surface area contributed by atoms with Gasteiger partial charge in [-0.15, -0.1) is 0 Å². The molecule has 0 saturated carbocycles. The summed E-state index contributed by atoms with van der Waals surface area (Å²) in [6, 6.07) is 2.33. The van der Waals surface area contributed by atoms with Gasteiger partial charge < -0.3 is 15.3 Å². The first kappa shape index (κ1) is 18.1. The van der Waals surface area contributed by atoms with Gasteiger partial charge in [-0.2, -0.15) is 0 Å². The van der Waals surface area contributed by atoms with Crippen LogP contribution in [0.15, 0.2) is 12.1 Å². The predicted octanol–water partition coefficient (Wildman–Crippen LogP) is -1.64. The van der Waals surface area contributed by atoms with E-state index in [0.29, 0.717) is 6.29 Å². The van der Waals surface area contributed by atoms with E-state index < -0.39 is 17.2 Å². The average molecular weight is 300 g/mol. The number of hydrogen-bond donors (Lipinski definition) is 7. The van der Waals surface area contributed by atoms with Crippen LogP contribution < -0.4 is 22.5 Å². The molecule has 116 valence electrons. The average Bonchev–Trinajstić information content (AvgIpc) is 2.50. The van der Waals surface area contributed by atoms with Gasteiger partial charge in [0.15, 0.2) is 17.8 Å². The summed E-state index contributed by atoms with van der Waals surface area (Å²) in [5.41, 5.74) is 3.71. The third-order valence-electron chi connectivity index (χ3n) is 2.19. The number of phenols is 3.